The number of nitrogens with two attached hydrogens (primary N) is 1. The van der Waals surface area contributed by atoms with Gasteiger partial charge in [-0.15, -0.1) is 0 Å². The summed E-state index contributed by atoms with van der Waals surface area (Å²) in [5.41, 5.74) is 5.49. The number of hydrogen-bond donors (Lipinski definition) is 1. The van der Waals surface area contributed by atoms with Crippen LogP contribution in [0.5, 0.6) is 0 Å². The summed E-state index contributed by atoms with van der Waals surface area (Å²) in [6.07, 6.45) is 2.70. The van der Waals surface area contributed by atoms with Crippen LogP contribution < -0.4 is 5.73 Å². The van der Waals surface area contributed by atoms with E-state index in [2.05, 4.69) is 0 Å². The molecule has 1 aromatic carbocycles. The van der Waals surface area contributed by atoms with Crippen molar-refractivity contribution in [3.05, 3.63) is 34.9 Å². The van der Waals surface area contributed by atoms with Gasteiger partial charge in [0.25, 0.3) is 11.8 Å². The van der Waals surface area contributed by atoms with Crippen molar-refractivity contribution in [1.82, 2.24) is 4.90 Å². The molecule has 1 aliphatic heterocycles. The Morgan fingerprint density at radius 2 is 1.61 bits per heavy atom. The fraction of sp³-hybridized carbons (Fsp3) is 0.600. The van der Waals surface area contributed by atoms with Gasteiger partial charge in [-0.1, -0.05) is 0 Å². The predicted molar refractivity (Wildman–Crippen MR) is 90.5 cm³/mol. The van der Waals surface area contributed by atoms with E-state index >= 15 is 0 Å². The minimum absolute atomic E-state index is 0.0404. The summed E-state index contributed by atoms with van der Waals surface area (Å²) in [7, 11) is 0. The highest BCUT2D eigenvalue weighted by molar-refractivity contribution is 5.96. The second-order valence-electron chi connectivity index (χ2n) is 9.01. The number of benzene rings is 1. The average molecular weight is 396 g/mol. The molecule has 2 unspecified atom stereocenters. The first-order chi connectivity index (χ1) is 13.1. The Bertz CT molecular complexity index is 878. The maximum Gasteiger partial charge on any atom is 0.282 e. The quantitative estimate of drug-likeness (QED) is 0.799. The SMILES string of the molecule is NC(=O)C12CC3CC1CC(C2)C3c1cc(F)c(F)cc1C(=O)N1CC(F)(F)C1. The van der Waals surface area contributed by atoms with Crippen LogP contribution >= 0.6 is 0 Å². The molecule has 6 rings (SSSR count). The number of carbonyl (C=O) groups excluding carboxylic acids is 2. The number of rotatable bonds is 3. The van der Waals surface area contributed by atoms with Gasteiger partial charge in [-0.2, -0.15) is 0 Å². The first kappa shape index (κ1) is 17.9. The summed E-state index contributed by atoms with van der Waals surface area (Å²) in [4.78, 5) is 25.8. The van der Waals surface area contributed by atoms with Gasteiger partial charge < -0.3 is 10.6 Å². The number of carbonyl (C=O) groups is 2. The fourth-order valence-corrected chi connectivity index (χ4v) is 6.49. The lowest BCUT2D eigenvalue weighted by Crippen LogP contribution is -2.58. The minimum atomic E-state index is -2.94. The molecule has 5 fully saturated rings. The highest BCUT2D eigenvalue weighted by Gasteiger charge is 2.64. The largest absolute Gasteiger partial charge is 0.369 e. The van der Waals surface area contributed by atoms with Gasteiger partial charge in [0.2, 0.25) is 5.91 Å². The molecular formula is C20H20F4N2O2. The van der Waals surface area contributed by atoms with Gasteiger partial charge in [0.1, 0.15) is 0 Å². The molecule has 0 radical (unpaired) electrons. The highest BCUT2D eigenvalue weighted by Crippen LogP contribution is 2.69. The molecule has 1 heterocycles. The zero-order chi connectivity index (χ0) is 20.0. The first-order valence-electron chi connectivity index (χ1n) is 9.57. The van der Waals surface area contributed by atoms with Gasteiger partial charge in [-0.25, -0.2) is 17.6 Å². The fourth-order valence-electron chi connectivity index (χ4n) is 6.49. The van der Waals surface area contributed by atoms with Crippen LogP contribution in [-0.2, 0) is 4.79 Å². The van der Waals surface area contributed by atoms with Crippen molar-refractivity contribution < 1.29 is 27.2 Å². The van der Waals surface area contributed by atoms with Crippen LogP contribution in [0.25, 0.3) is 0 Å². The van der Waals surface area contributed by atoms with Crippen molar-refractivity contribution in [1.29, 1.82) is 0 Å². The number of hydrogen-bond acceptors (Lipinski definition) is 2. The maximum atomic E-state index is 14.1. The second kappa shape index (κ2) is 5.48. The zero-order valence-corrected chi connectivity index (χ0v) is 15.1. The molecule has 4 saturated carbocycles. The van der Waals surface area contributed by atoms with Gasteiger partial charge in [0.05, 0.1) is 18.5 Å². The third-order valence-corrected chi connectivity index (χ3v) is 7.53. The molecule has 0 aromatic heterocycles. The second-order valence-corrected chi connectivity index (χ2v) is 9.01. The molecule has 8 heteroatoms. The van der Waals surface area contributed by atoms with Crippen molar-refractivity contribution in [3.63, 3.8) is 0 Å². The van der Waals surface area contributed by atoms with Gasteiger partial charge in [-0.3, -0.25) is 9.59 Å². The van der Waals surface area contributed by atoms with E-state index in [0.29, 0.717) is 18.4 Å². The van der Waals surface area contributed by atoms with Crippen LogP contribution in [0, 0.1) is 34.8 Å². The number of halogens is 4. The van der Waals surface area contributed by atoms with E-state index in [-0.39, 0.29) is 35.1 Å². The van der Waals surface area contributed by atoms with Crippen LogP contribution in [-0.4, -0.2) is 35.7 Å². The average Bonchev–Trinajstić information content (AvgIpc) is 3.03. The van der Waals surface area contributed by atoms with Gasteiger partial charge in [-0.05, 0) is 67.1 Å². The lowest BCUT2D eigenvalue weighted by molar-refractivity contribution is -0.129. The van der Waals surface area contributed by atoms with E-state index in [1.807, 2.05) is 0 Å². The van der Waals surface area contributed by atoms with Gasteiger partial charge >= 0.3 is 0 Å². The van der Waals surface area contributed by atoms with E-state index in [4.69, 9.17) is 5.73 Å². The Kier molecular flexibility index (Phi) is 3.51. The summed E-state index contributed by atoms with van der Waals surface area (Å²) in [5, 5.41) is 0. The van der Waals surface area contributed by atoms with Gasteiger partial charge in [0.15, 0.2) is 11.6 Å². The van der Waals surface area contributed by atoms with Crippen molar-refractivity contribution in [2.24, 2.45) is 28.9 Å². The van der Waals surface area contributed by atoms with E-state index in [9.17, 15) is 27.2 Å². The standard InChI is InChI=1S/C20H20F4N2O2/c21-14-3-12(13(4-15(14)22)17(27)26-7-20(23,24)8-26)16-9-1-11-2-10(16)6-19(11,5-9)18(25)28/h3-4,9-11,16H,1-2,5-8H2,(H2,25,28). The lowest BCUT2D eigenvalue weighted by atomic mass is 9.65. The molecule has 0 spiro atoms. The normalized spacial score (nSPS) is 37.2. The molecule has 5 aliphatic rings. The molecule has 2 N–H and O–H groups in total. The first-order valence-corrected chi connectivity index (χ1v) is 9.57. The van der Waals surface area contributed by atoms with Crippen molar-refractivity contribution in [2.45, 2.75) is 37.5 Å². The Hall–Kier alpha value is -2.12. The molecule has 2 atom stereocenters. The van der Waals surface area contributed by atoms with E-state index in [1.54, 1.807) is 0 Å². The zero-order valence-electron chi connectivity index (χ0n) is 15.1. The van der Waals surface area contributed by atoms with Crippen molar-refractivity contribution in [3.8, 4) is 0 Å². The number of amides is 2. The summed E-state index contributed by atoms with van der Waals surface area (Å²) >= 11 is 0. The van der Waals surface area contributed by atoms with E-state index in [0.717, 1.165) is 29.9 Å². The Balaban J connectivity index is 1.52. The van der Waals surface area contributed by atoms with Crippen molar-refractivity contribution >= 4 is 11.8 Å². The Morgan fingerprint density at radius 3 is 2.11 bits per heavy atom. The molecule has 2 amide bonds. The lowest BCUT2D eigenvalue weighted by Gasteiger charge is -2.41. The number of likely N-dealkylation sites (tertiary alicyclic amines) is 1. The molecule has 1 aromatic rings. The van der Waals surface area contributed by atoms with E-state index < -0.39 is 42.0 Å². The summed E-state index contributed by atoms with van der Waals surface area (Å²) < 4.78 is 54.4. The van der Waals surface area contributed by atoms with Crippen LogP contribution in [0.15, 0.2) is 12.1 Å². The molecule has 4 bridgehead atoms. The Morgan fingerprint density at radius 1 is 1.04 bits per heavy atom. The summed E-state index contributed by atoms with van der Waals surface area (Å²) in [6, 6.07) is 1.89. The third-order valence-electron chi connectivity index (χ3n) is 7.53. The third kappa shape index (κ3) is 2.29. The van der Waals surface area contributed by atoms with Crippen LogP contribution in [0.4, 0.5) is 17.6 Å². The number of primary amides is 1. The monoisotopic (exact) mass is 396 g/mol. The maximum absolute atomic E-state index is 14.1. The molecule has 4 aliphatic carbocycles. The van der Waals surface area contributed by atoms with Crippen LogP contribution in [0.2, 0.25) is 0 Å². The predicted octanol–water partition coefficient (Wildman–Crippen LogP) is 3.06. The molecule has 28 heavy (non-hydrogen) atoms. The topological polar surface area (TPSA) is 63.4 Å². The van der Waals surface area contributed by atoms with Crippen LogP contribution in [0.1, 0.15) is 47.5 Å². The van der Waals surface area contributed by atoms with E-state index in [1.165, 1.54) is 0 Å². The summed E-state index contributed by atoms with van der Waals surface area (Å²) in [6.45, 7) is -1.43. The molecule has 150 valence electrons. The highest BCUT2D eigenvalue weighted by atomic mass is 19.3. The number of alkyl halides is 2. The van der Waals surface area contributed by atoms with Gasteiger partial charge in [0, 0.05) is 5.56 Å². The smallest absolute Gasteiger partial charge is 0.282 e. The molecular weight excluding hydrogens is 376 g/mol. The number of nitrogens with zero attached hydrogens (tertiary/aromatic N) is 1. The molecule has 4 nitrogen and oxygen atoms in total. The summed E-state index contributed by atoms with van der Waals surface area (Å²) in [5.74, 6) is -6.03. The van der Waals surface area contributed by atoms with Crippen molar-refractivity contribution in [2.75, 3.05) is 13.1 Å². The van der Waals surface area contributed by atoms with Crippen LogP contribution in [0.3, 0.4) is 0 Å². The minimum Gasteiger partial charge on any atom is -0.369 e. The molecule has 1 saturated heterocycles. The Labute approximate surface area is 159 Å².